The maximum absolute atomic E-state index is 13.8. The number of anilines is 2. The summed E-state index contributed by atoms with van der Waals surface area (Å²) in [4.78, 5) is 19.9. The number of carbonyl (C=O) groups excluding carboxylic acids is 1. The van der Waals surface area contributed by atoms with E-state index in [1.165, 1.54) is 9.80 Å². The molecule has 1 aromatic carbocycles. The summed E-state index contributed by atoms with van der Waals surface area (Å²) in [5.74, 6) is -1.23. The smallest absolute Gasteiger partial charge is 0.343 e. The van der Waals surface area contributed by atoms with Gasteiger partial charge in [0.25, 0.3) is 0 Å². The van der Waals surface area contributed by atoms with Crippen LogP contribution in [0.1, 0.15) is 36.0 Å². The van der Waals surface area contributed by atoms with Gasteiger partial charge in [0, 0.05) is 25.5 Å². The molecule has 1 aromatic heterocycles. The van der Waals surface area contributed by atoms with E-state index < -0.39 is 41.2 Å². The van der Waals surface area contributed by atoms with Crippen molar-refractivity contribution in [1.82, 2.24) is 4.98 Å². The highest BCUT2D eigenvalue weighted by atomic mass is 19.4. The Hall–Kier alpha value is -2.78. The molecule has 2 aromatic rings. The maximum Gasteiger partial charge on any atom is 0.419 e. The number of hydrogen-bond donors (Lipinski definition) is 0. The lowest BCUT2D eigenvalue weighted by Gasteiger charge is -2.33. The quantitative estimate of drug-likeness (QED) is 0.540. The number of pyridine rings is 1. The third kappa shape index (κ3) is 4.39. The van der Waals surface area contributed by atoms with Gasteiger partial charge < -0.3 is 9.80 Å². The molecule has 10 heteroatoms. The summed E-state index contributed by atoms with van der Waals surface area (Å²) in [5, 5.41) is 0. The Morgan fingerprint density at radius 3 is 2.45 bits per heavy atom. The largest absolute Gasteiger partial charge is 0.419 e. The first-order valence-corrected chi connectivity index (χ1v) is 10.6. The van der Waals surface area contributed by atoms with Crippen LogP contribution in [-0.4, -0.2) is 30.5 Å². The number of nitrogens with zero attached hydrogens (tertiary/aromatic N) is 3. The van der Waals surface area contributed by atoms with Gasteiger partial charge in [-0.05, 0) is 55.4 Å². The van der Waals surface area contributed by atoms with E-state index >= 15 is 0 Å². The Kier molecular flexibility index (Phi) is 5.82. The second kappa shape index (κ2) is 8.22. The number of alkyl halides is 6. The molecule has 2 heterocycles. The molecule has 4 nitrogen and oxygen atoms in total. The standard InChI is InChI=1S/C23H23F6N3O/c1-13-5-3-7-16(9-13)31(2)21(33)19-17-8-4-6-14(17)12-32(19)20-18(23(27,28)29)10-15(11-30-20)22(24,25)26/h3,5,7,9-11,14,17,19H,4,6,8,12H2,1-2H3/t14?,17?,19-/m0/s1. The number of aromatic nitrogens is 1. The van der Waals surface area contributed by atoms with Crippen LogP contribution in [0.4, 0.5) is 37.8 Å². The fraction of sp³-hybridized carbons (Fsp3) is 0.478. The number of benzene rings is 1. The molecule has 0 bridgehead atoms. The van der Waals surface area contributed by atoms with E-state index in [0.29, 0.717) is 18.3 Å². The van der Waals surface area contributed by atoms with Gasteiger partial charge in [-0.25, -0.2) is 4.98 Å². The van der Waals surface area contributed by atoms with E-state index in [9.17, 15) is 31.1 Å². The summed E-state index contributed by atoms with van der Waals surface area (Å²) in [6.45, 7) is 2.00. The molecule has 0 spiro atoms. The topological polar surface area (TPSA) is 36.4 Å². The lowest BCUT2D eigenvalue weighted by molar-refractivity contribution is -0.143. The third-order valence-electron chi connectivity index (χ3n) is 6.63. The highest BCUT2D eigenvalue weighted by molar-refractivity contribution is 5.99. The van der Waals surface area contributed by atoms with Gasteiger partial charge in [0.1, 0.15) is 11.9 Å². The molecular formula is C23H23F6N3O. The first kappa shape index (κ1) is 23.4. The van der Waals surface area contributed by atoms with Crippen molar-refractivity contribution in [2.75, 3.05) is 23.4 Å². The first-order valence-electron chi connectivity index (χ1n) is 10.6. The molecule has 178 valence electrons. The summed E-state index contributed by atoms with van der Waals surface area (Å²) in [5.41, 5.74) is -1.44. The van der Waals surface area contributed by atoms with Gasteiger partial charge in [-0.15, -0.1) is 0 Å². The minimum atomic E-state index is -5.06. The molecule has 4 rings (SSSR count). The average molecular weight is 471 g/mol. The Morgan fingerprint density at radius 2 is 1.82 bits per heavy atom. The summed E-state index contributed by atoms with van der Waals surface area (Å²) < 4.78 is 80.8. The van der Waals surface area contributed by atoms with E-state index in [2.05, 4.69) is 4.98 Å². The summed E-state index contributed by atoms with van der Waals surface area (Å²) in [6, 6.07) is 6.31. The van der Waals surface area contributed by atoms with E-state index in [0.717, 1.165) is 18.4 Å². The molecule has 1 saturated heterocycles. The minimum Gasteiger partial charge on any atom is -0.343 e. The van der Waals surface area contributed by atoms with Gasteiger partial charge >= 0.3 is 12.4 Å². The van der Waals surface area contributed by atoms with Crippen LogP contribution in [0, 0.1) is 18.8 Å². The zero-order valence-corrected chi connectivity index (χ0v) is 18.0. The molecule has 1 amide bonds. The third-order valence-corrected chi connectivity index (χ3v) is 6.63. The van der Waals surface area contributed by atoms with Crippen LogP contribution in [0.2, 0.25) is 0 Å². The van der Waals surface area contributed by atoms with Crippen LogP contribution < -0.4 is 9.80 Å². The zero-order valence-electron chi connectivity index (χ0n) is 18.0. The second-order valence-corrected chi connectivity index (χ2v) is 8.78. The van der Waals surface area contributed by atoms with Gasteiger partial charge in [0.15, 0.2) is 0 Å². The van der Waals surface area contributed by atoms with Crippen molar-refractivity contribution >= 4 is 17.4 Å². The van der Waals surface area contributed by atoms with Crippen molar-refractivity contribution in [3.63, 3.8) is 0 Å². The highest BCUT2D eigenvalue weighted by Gasteiger charge is 2.51. The predicted octanol–water partition coefficient (Wildman–Crippen LogP) is 5.70. The Labute approximate surface area is 187 Å². The monoisotopic (exact) mass is 471 g/mol. The molecule has 0 radical (unpaired) electrons. The summed E-state index contributed by atoms with van der Waals surface area (Å²) in [7, 11) is 1.56. The zero-order chi connectivity index (χ0) is 24.1. The molecule has 1 saturated carbocycles. The van der Waals surface area contributed by atoms with Crippen molar-refractivity contribution < 1.29 is 31.1 Å². The molecule has 33 heavy (non-hydrogen) atoms. The van der Waals surface area contributed by atoms with Crippen molar-refractivity contribution in [1.29, 1.82) is 0 Å². The van der Waals surface area contributed by atoms with Crippen LogP contribution in [0.5, 0.6) is 0 Å². The van der Waals surface area contributed by atoms with Crippen molar-refractivity contribution in [3.8, 4) is 0 Å². The maximum atomic E-state index is 13.8. The van der Waals surface area contributed by atoms with Crippen molar-refractivity contribution in [2.24, 2.45) is 11.8 Å². The van der Waals surface area contributed by atoms with E-state index in [1.807, 2.05) is 13.0 Å². The van der Waals surface area contributed by atoms with E-state index in [1.54, 1.807) is 25.2 Å². The minimum absolute atomic E-state index is 0.0185. The number of halogens is 6. The molecule has 2 aliphatic rings. The Bertz CT molecular complexity index is 1050. The fourth-order valence-corrected chi connectivity index (χ4v) is 5.05. The molecule has 2 fully saturated rings. The molecule has 1 aliphatic carbocycles. The van der Waals surface area contributed by atoms with Crippen LogP contribution in [-0.2, 0) is 17.1 Å². The van der Waals surface area contributed by atoms with E-state index in [-0.39, 0.29) is 24.4 Å². The van der Waals surface area contributed by atoms with E-state index in [4.69, 9.17) is 0 Å². The van der Waals surface area contributed by atoms with Crippen LogP contribution in [0.3, 0.4) is 0 Å². The lowest BCUT2D eigenvalue weighted by atomic mass is 9.93. The normalized spacial score (nSPS) is 23.0. The molecule has 2 unspecified atom stereocenters. The van der Waals surface area contributed by atoms with Gasteiger partial charge in [-0.1, -0.05) is 18.6 Å². The SMILES string of the molecule is Cc1cccc(N(C)C(=O)[C@@H]2C3CCCC3CN2c2ncc(C(F)(F)F)cc2C(F)(F)F)c1. The summed E-state index contributed by atoms with van der Waals surface area (Å²) >= 11 is 0. The van der Waals surface area contributed by atoms with Crippen LogP contribution in [0.15, 0.2) is 36.5 Å². The average Bonchev–Trinajstić information content (AvgIpc) is 3.32. The molecule has 0 N–H and O–H groups in total. The molecule has 1 aliphatic heterocycles. The number of aryl methyl sites for hydroxylation is 1. The number of rotatable bonds is 3. The Balaban J connectivity index is 1.77. The number of amides is 1. The van der Waals surface area contributed by atoms with Gasteiger partial charge in [-0.2, -0.15) is 26.3 Å². The number of fused-ring (bicyclic) bond motifs is 1. The predicted molar refractivity (Wildman–Crippen MR) is 111 cm³/mol. The summed E-state index contributed by atoms with van der Waals surface area (Å²) in [6.07, 6.45) is -7.34. The van der Waals surface area contributed by atoms with Crippen LogP contribution in [0.25, 0.3) is 0 Å². The molecule has 3 atom stereocenters. The lowest BCUT2D eigenvalue weighted by Crippen LogP contribution is -2.48. The number of hydrogen-bond acceptors (Lipinski definition) is 3. The van der Waals surface area contributed by atoms with Crippen molar-refractivity contribution in [3.05, 3.63) is 53.2 Å². The highest BCUT2D eigenvalue weighted by Crippen LogP contribution is 2.47. The number of likely N-dealkylation sites (N-methyl/N-ethyl adjacent to an activating group) is 1. The Morgan fingerprint density at radius 1 is 1.09 bits per heavy atom. The first-order chi connectivity index (χ1) is 15.4. The van der Waals surface area contributed by atoms with Crippen molar-refractivity contribution in [2.45, 2.75) is 44.6 Å². The number of carbonyl (C=O) groups is 1. The van der Waals surface area contributed by atoms with Crippen LogP contribution >= 0.6 is 0 Å². The fourth-order valence-electron chi connectivity index (χ4n) is 5.05. The van der Waals surface area contributed by atoms with Gasteiger partial charge in [-0.3, -0.25) is 4.79 Å². The second-order valence-electron chi connectivity index (χ2n) is 8.78. The van der Waals surface area contributed by atoms with Gasteiger partial charge in [0.05, 0.1) is 11.1 Å². The molecular weight excluding hydrogens is 448 g/mol. The van der Waals surface area contributed by atoms with Gasteiger partial charge in [0.2, 0.25) is 5.91 Å².